The van der Waals surface area contributed by atoms with Gasteiger partial charge in [-0.15, -0.1) is 0 Å². The second kappa shape index (κ2) is 7.35. The van der Waals surface area contributed by atoms with Crippen LogP contribution in [0.4, 0.5) is 0 Å². The number of aryl methyl sites for hydroxylation is 2. The third-order valence-electron chi connectivity index (χ3n) is 4.16. The lowest BCUT2D eigenvalue weighted by atomic mass is 9.89. The molecular weight excluding hydrogens is 250 g/mol. The fourth-order valence-electron chi connectivity index (χ4n) is 2.92. The van der Waals surface area contributed by atoms with Gasteiger partial charge in [0.25, 0.3) is 0 Å². The zero-order chi connectivity index (χ0) is 13.7. The Morgan fingerprint density at radius 3 is 2.63 bits per heavy atom. The van der Waals surface area contributed by atoms with Gasteiger partial charge < -0.3 is 5.32 Å². The van der Waals surface area contributed by atoms with E-state index in [4.69, 9.17) is 0 Å². The average molecular weight is 277 g/mol. The normalized spacial score (nSPS) is 17.8. The Bertz CT molecular complexity index is 402. The molecule has 106 valence electrons. The standard InChI is InChI=1S/C17H27NS/c1-13(10-11-19-3)18-14(2)16-9-8-15-6-4-5-7-17(15)12-16/h8-9,12-14,18H,4-7,10-11H2,1-3H3. The van der Waals surface area contributed by atoms with E-state index in [2.05, 4.69) is 43.6 Å². The van der Waals surface area contributed by atoms with Crippen molar-refractivity contribution in [3.05, 3.63) is 34.9 Å². The first-order chi connectivity index (χ1) is 9.20. The molecule has 2 atom stereocenters. The molecule has 2 heteroatoms. The van der Waals surface area contributed by atoms with E-state index in [0.717, 1.165) is 0 Å². The molecule has 0 amide bonds. The van der Waals surface area contributed by atoms with Gasteiger partial charge in [-0.1, -0.05) is 18.2 Å². The van der Waals surface area contributed by atoms with Crippen molar-refractivity contribution in [3.63, 3.8) is 0 Å². The number of fused-ring (bicyclic) bond motifs is 1. The average Bonchev–Trinajstić information content (AvgIpc) is 2.44. The molecule has 2 rings (SSSR count). The lowest BCUT2D eigenvalue weighted by Crippen LogP contribution is -2.29. The second-order valence-electron chi connectivity index (χ2n) is 5.81. The first kappa shape index (κ1) is 14.9. The molecule has 0 radical (unpaired) electrons. The van der Waals surface area contributed by atoms with Crippen LogP contribution in [0.1, 0.15) is 55.8 Å². The highest BCUT2D eigenvalue weighted by atomic mass is 32.2. The van der Waals surface area contributed by atoms with Crippen molar-refractivity contribution >= 4 is 11.8 Å². The van der Waals surface area contributed by atoms with Crippen molar-refractivity contribution in [3.8, 4) is 0 Å². The number of hydrogen-bond donors (Lipinski definition) is 1. The fraction of sp³-hybridized carbons (Fsp3) is 0.647. The van der Waals surface area contributed by atoms with Crippen LogP contribution < -0.4 is 5.32 Å². The summed E-state index contributed by atoms with van der Waals surface area (Å²) < 4.78 is 0. The lowest BCUT2D eigenvalue weighted by Gasteiger charge is -2.23. The smallest absolute Gasteiger partial charge is 0.0294 e. The number of rotatable bonds is 6. The maximum absolute atomic E-state index is 3.72. The Kier molecular flexibility index (Phi) is 5.77. The summed E-state index contributed by atoms with van der Waals surface area (Å²) >= 11 is 1.93. The third-order valence-corrected chi connectivity index (χ3v) is 4.81. The summed E-state index contributed by atoms with van der Waals surface area (Å²) in [5, 5.41) is 3.72. The highest BCUT2D eigenvalue weighted by molar-refractivity contribution is 7.98. The minimum absolute atomic E-state index is 0.462. The van der Waals surface area contributed by atoms with Crippen LogP contribution in [0.2, 0.25) is 0 Å². The van der Waals surface area contributed by atoms with Crippen LogP contribution in [0.25, 0.3) is 0 Å². The maximum Gasteiger partial charge on any atom is 0.0294 e. The fourth-order valence-corrected chi connectivity index (χ4v) is 3.51. The zero-order valence-electron chi connectivity index (χ0n) is 12.5. The molecule has 1 N–H and O–H groups in total. The molecule has 0 aromatic heterocycles. The molecule has 0 fully saturated rings. The van der Waals surface area contributed by atoms with Crippen LogP contribution in [0.15, 0.2) is 18.2 Å². The zero-order valence-corrected chi connectivity index (χ0v) is 13.4. The first-order valence-corrected chi connectivity index (χ1v) is 8.96. The Labute approximate surface area is 122 Å². The van der Waals surface area contributed by atoms with Crippen LogP contribution in [0, 0.1) is 0 Å². The van der Waals surface area contributed by atoms with Crippen LogP contribution >= 0.6 is 11.8 Å². The molecular formula is C17H27NS. The largest absolute Gasteiger partial charge is 0.308 e. The molecule has 0 aliphatic heterocycles. The Hall–Kier alpha value is -0.470. The molecule has 0 saturated heterocycles. The van der Waals surface area contributed by atoms with E-state index in [1.54, 1.807) is 11.1 Å². The Morgan fingerprint density at radius 1 is 1.16 bits per heavy atom. The van der Waals surface area contributed by atoms with Crippen molar-refractivity contribution < 1.29 is 0 Å². The summed E-state index contributed by atoms with van der Waals surface area (Å²) in [6, 6.07) is 8.17. The minimum atomic E-state index is 0.462. The van der Waals surface area contributed by atoms with E-state index in [1.165, 1.54) is 43.4 Å². The quantitative estimate of drug-likeness (QED) is 0.829. The summed E-state index contributed by atoms with van der Waals surface area (Å²) in [5.41, 5.74) is 4.63. The topological polar surface area (TPSA) is 12.0 Å². The Morgan fingerprint density at radius 2 is 1.89 bits per heavy atom. The van der Waals surface area contributed by atoms with Crippen molar-refractivity contribution in [1.29, 1.82) is 0 Å². The summed E-state index contributed by atoms with van der Waals surface area (Å²) in [4.78, 5) is 0. The van der Waals surface area contributed by atoms with Gasteiger partial charge in [0.15, 0.2) is 0 Å². The molecule has 0 bridgehead atoms. The molecule has 1 aromatic carbocycles. The number of thioether (sulfide) groups is 1. The van der Waals surface area contributed by atoms with E-state index in [0.29, 0.717) is 12.1 Å². The van der Waals surface area contributed by atoms with Crippen LogP contribution in [-0.2, 0) is 12.8 Å². The van der Waals surface area contributed by atoms with Crippen molar-refractivity contribution in [1.82, 2.24) is 5.32 Å². The van der Waals surface area contributed by atoms with E-state index in [9.17, 15) is 0 Å². The summed E-state index contributed by atoms with van der Waals surface area (Å²) in [6.45, 7) is 4.59. The summed E-state index contributed by atoms with van der Waals surface area (Å²) in [5.74, 6) is 1.24. The van der Waals surface area contributed by atoms with Gasteiger partial charge in [0.1, 0.15) is 0 Å². The van der Waals surface area contributed by atoms with Gasteiger partial charge >= 0.3 is 0 Å². The highest BCUT2D eigenvalue weighted by Crippen LogP contribution is 2.25. The predicted molar refractivity (Wildman–Crippen MR) is 87.1 cm³/mol. The van der Waals surface area contributed by atoms with Crippen LogP contribution in [0.3, 0.4) is 0 Å². The molecule has 0 spiro atoms. The number of nitrogens with one attached hydrogen (secondary N) is 1. The first-order valence-electron chi connectivity index (χ1n) is 7.57. The van der Waals surface area contributed by atoms with E-state index in [1.807, 2.05) is 11.8 Å². The van der Waals surface area contributed by atoms with Crippen molar-refractivity contribution in [2.75, 3.05) is 12.0 Å². The summed E-state index contributed by atoms with van der Waals surface area (Å²) in [6.07, 6.45) is 8.71. The van der Waals surface area contributed by atoms with Crippen molar-refractivity contribution in [2.45, 2.75) is 58.0 Å². The second-order valence-corrected chi connectivity index (χ2v) is 6.79. The van der Waals surface area contributed by atoms with Gasteiger partial charge in [-0.25, -0.2) is 0 Å². The van der Waals surface area contributed by atoms with Gasteiger partial charge in [-0.3, -0.25) is 0 Å². The van der Waals surface area contributed by atoms with E-state index < -0.39 is 0 Å². The predicted octanol–water partition coefficient (Wildman–Crippen LogP) is 4.36. The van der Waals surface area contributed by atoms with E-state index in [-0.39, 0.29) is 0 Å². The molecule has 1 aliphatic carbocycles. The maximum atomic E-state index is 3.72. The van der Waals surface area contributed by atoms with Crippen LogP contribution in [0.5, 0.6) is 0 Å². The van der Waals surface area contributed by atoms with Gasteiger partial charge in [0, 0.05) is 12.1 Å². The van der Waals surface area contributed by atoms with Gasteiger partial charge in [-0.05, 0) is 74.7 Å². The highest BCUT2D eigenvalue weighted by Gasteiger charge is 2.13. The molecule has 1 nitrogen and oxygen atoms in total. The molecule has 1 aromatic rings. The van der Waals surface area contributed by atoms with Gasteiger partial charge in [0.05, 0.1) is 0 Å². The molecule has 2 unspecified atom stereocenters. The summed E-state index contributed by atoms with van der Waals surface area (Å²) in [7, 11) is 0. The Balaban J connectivity index is 1.97. The molecule has 1 aliphatic rings. The number of benzene rings is 1. The SMILES string of the molecule is CSCCC(C)NC(C)c1ccc2c(c1)CCCC2. The monoisotopic (exact) mass is 277 g/mol. The molecule has 0 heterocycles. The molecule has 0 saturated carbocycles. The minimum Gasteiger partial charge on any atom is -0.308 e. The van der Waals surface area contributed by atoms with Crippen molar-refractivity contribution in [2.24, 2.45) is 0 Å². The lowest BCUT2D eigenvalue weighted by molar-refractivity contribution is 0.471. The number of hydrogen-bond acceptors (Lipinski definition) is 2. The van der Waals surface area contributed by atoms with Gasteiger partial charge in [0.2, 0.25) is 0 Å². The van der Waals surface area contributed by atoms with Crippen LogP contribution in [-0.4, -0.2) is 18.1 Å². The third kappa shape index (κ3) is 4.25. The molecule has 19 heavy (non-hydrogen) atoms. The van der Waals surface area contributed by atoms with E-state index >= 15 is 0 Å². The van der Waals surface area contributed by atoms with Gasteiger partial charge in [-0.2, -0.15) is 11.8 Å².